The highest BCUT2D eigenvalue weighted by molar-refractivity contribution is 6.15. The molecule has 2 rings (SSSR count). The van der Waals surface area contributed by atoms with Crippen molar-refractivity contribution in [2.24, 2.45) is 0 Å². The summed E-state index contributed by atoms with van der Waals surface area (Å²) < 4.78 is 5.38. The zero-order valence-electron chi connectivity index (χ0n) is 7.62. The van der Waals surface area contributed by atoms with Crippen molar-refractivity contribution >= 4 is 11.5 Å². The van der Waals surface area contributed by atoms with E-state index in [-0.39, 0.29) is 5.57 Å². The van der Waals surface area contributed by atoms with E-state index in [2.05, 4.69) is 6.58 Å². The van der Waals surface area contributed by atoms with Crippen molar-refractivity contribution in [3.8, 4) is 5.75 Å². The summed E-state index contributed by atoms with van der Waals surface area (Å²) in [4.78, 5) is 10.7. The number of aliphatic carboxylic acids is 1. The number of hydrogen-bond donors (Lipinski definition) is 1. The maximum atomic E-state index is 10.7. The van der Waals surface area contributed by atoms with Gasteiger partial charge in [-0.05, 0) is 5.56 Å². The molecule has 1 aliphatic rings. The van der Waals surface area contributed by atoms with Gasteiger partial charge in [0.1, 0.15) is 5.75 Å². The van der Waals surface area contributed by atoms with Crippen LogP contribution in [-0.4, -0.2) is 17.7 Å². The summed E-state index contributed by atoms with van der Waals surface area (Å²) in [7, 11) is 0. The lowest BCUT2D eigenvalue weighted by molar-refractivity contribution is -0.130. The summed E-state index contributed by atoms with van der Waals surface area (Å²) >= 11 is 0. The fourth-order valence-corrected chi connectivity index (χ4v) is 1.57. The first-order valence-electron chi connectivity index (χ1n) is 4.37. The molecular weight excluding hydrogens is 180 g/mol. The number of para-hydroxylation sites is 1. The highest BCUT2D eigenvalue weighted by Crippen LogP contribution is 2.33. The Labute approximate surface area is 81.6 Å². The molecule has 3 heteroatoms. The first-order valence-corrected chi connectivity index (χ1v) is 4.37. The normalized spacial score (nSPS) is 13.1. The predicted molar refractivity (Wildman–Crippen MR) is 52.3 cm³/mol. The van der Waals surface area contributed by atoms with Crippen LogP contribution in [0.5, 0.6) is 5.75 Å². The number of hydrogen-bond acceptors (Lipinski definition) is 2. The van der Waals surface area contributed by atoms with E-state index in [1.165, 1.54) is 0 Å². The van der Waals surface area contributed by atoms with E-state index in [0.717, 1.165) is 12.0 Å². The maximum Gasteiger partial charge on any atom is 0.335 e. The molecule has 72 valence electrons. The van der Waals surface area contributed by atoms with Gasteiger partial charge in [0.15, 0.2) is 0 Å². The highest BCUT2D eigenvalue weighted by atomic mass is 16.5. The highest BCUT2D eigenvalue weighted by Gasteiger charge is 2.19. The molecule has 1 heterocycles. The summed E-state index contributed by atoms with van der Waals surface area (Å²) in [5.41, 5.74) is 1.74. The molecule has 0 fully saturated rings. The largest absolute Gasteiger partial charge is 0.492 e. The molecule has 1 aromatic carbocycles. The van der Waals surface area contributed by atoms with Crippen LogP contribution in [0.4, 0.5) is 0 Å². The molecule has 0 unspecified atom stereocenters. The number of rotatable bonds is 2. The van der Waals surface area contributed by atoms with Crippen LogP contribution >= 0.6 is 0 Å². The van der Waals surface area contributed by atoms with Crippen molar-refractivity contribution < 1.29 is 14.6 Å². The molecule has 14 heavy (non-hydrogen) atoms. The molecule has 1 N–H and O–H groups in total. The number of benzene rings is 1. The molecule has 0 atom stereocenters. The van der Waals surface area contributed by atoms with E-state index in [1.54, 1.807) is 6.07 Å². The molecule has 1 aliphatic heterocycles. The van der Waals surface area contributed by atoms with Gasteiger partial charge in [0.05, 0.1) is 12.2 Å². The van der Waals surface area contributed by atoms with Crippen LogP contribution in [0.2, 0.25) is 0 Å². The Hall–Kier alpha value is -1.77. The first kappa shape index (κ1) is 8.81. The first-order chi connectivity index (χ1) is 6.70. The Balaban J connectivity index is 2.49. The van der Waals surface area contributed by atoms with Gasteiger partial charge in [-0.15, -0.1) is 0 Å². The maximum absolute atomic E-state index is 10.7. The van der Waals surface area contributed by atoms with Crippen LogP contribution < -0.4 is 4.74 Å². The topological polar surface area (TPSA) is 46.5 Å². The van der Waals surface area contributed by atoms with Gasteiger partial charge in [-0.3, -0.25) is 0 Å². The van der Waals surface area contributed by atoms with Crippen LogP contribution in [0.1, 0.15) is 11.1 Å². The van der Waals surface area contributed by atoms with E-state index in [9.17, 15) is 4.79 Å². The number of fused-ring (bicyclic) bond motifs is 1. The lowest BCUT2D eigenvalue weighted by Crippen LogP contribution is -2.00. The third-order valence-electron chi connectivity index (χ3n) is 2.30. The average molecular weight is 190 g/mol. The number of carboxylic acid groups (broad SMARTS) is 1. The average Bonchev–Trinajstić information content (AvgIpc) is 2.63. The number of carboxylic acids is 1. The zero-order valence-corrected chi connectivity index (χ0v) is 7.62. The SMILES string of the molecule is C=C(C(=O)O)c1cccc2c1OCC2. The Morgan fingerprint density at radius 2 is 2.29 bits per heavy atom. The van der Waals surface area contributed by atoms with Crippen LogP contribution in [0.15, 0.2) is 24.8 Å². The van der Waals surface area contributed by atoms with E-state index < -0.39 is 5.97 Å². The standard InChI is InChI=1S/C11H10O3/c1-7(11(12)13)9-4-2-3-8-5-6-14-10(8)9/h2-4H,1,5-6H2,(H,12,13). The molecule has 1 aromatic rings. The quantitative estimate of drug-likeness (QED) is 0.722. The Bertz CT molecular complexity index is 407. The van der Waals surface area contributed by atoms with E-state index in [1.807, 2.05) is 12.1 Å². The van der Waals surface area contributed by atoms with Gasteiger partial charge in [-0.25, -0.2) is 4.79 Å². The molecule has 0 saturated carbocycles. The molecule has 0 amide bonds. The fraction of sp³-hybridized carbons (Fsp3) is 0.182. The van der Waals surface area contributed by atoms with Crippen molar-refractivity contribution in [2.45, 2.75) is 6.42 Å². The molecule has 0 saturated heterocycles. The van der Waals surface area contributed by atoms with Gasteiger partial charge in [0.25, 0.3) is 0 Å². The molecule has 0 aromatic heterocycles. The lowest BCUT2D eigenvalue weighted by Gasteiger charge is -2.06. The summed E-state index contributed by atoms with van der Waals surface area (Å²) in [5.74, 6) is -0.325. The van der Waals surface area contributed by atoms with Gasteiger partial charge in [0, 0.05) is 12.0 Å². The number of carbonyl (C=O) groups is 1. The van der Waals surface area contributed by atoms with Gasteiger partial charge in [-0.2, -0.15) is 0 Å². The zero-order chi connectivity index (χ0) is 10.1. The third kappa shape index (κ3) is 1.27. The smallest absolute Gasteiger partial charge is 0.335 e. The molecule has 0 radical (unpaired) electrons. The second-order valence-corrected chi connectivity index (χ2v) is 3.18. The fourth-order valence-electron chi connectivity index (χ4n) is 1.57. The van der Waals surface area contributed by atoms with E-state index in [4.69, 9.17) is 9.84 Å². The second kappa shape index (κ2) is 3.18. The van der Waals surface area contributed by atoms with E-state index in [0.29, 0.717) is 17.9 Å². The van der Waals surface area contributed by atoms with Crippen molar-refractivity contribution in [1.29, 1.82) is 0 Å². The monoisotopic (exact) mass is 190 g/mol. The molecule has 0 bridgehead atoms. The minimum atomic E-state index is -1.01. The molecule has 0 aliphatic carbocycles. The van der Waals surface area contributed by atoms with Crippen LogP contribution in [0.25, 0.3) is 5.57 Å². The van der Waals surface area contributed by atoms with Gasteiger partial charge >= 0.3 is 5.97 Å². The van der Waals surface area contributed by atoms with Crippen LogP contribution in [0, 0.1) is 0 Å². The van der Waals surface area contributed by atoms with Crippen molar-refractivity contribution in [2.75, 3.05) is 6.61 Å². The minimum Gasteiger partial charge on any atom is -0.492 e. The van der Waals surface area contributed by atoms with Crippen LogP contribution in [0.3, 0.4) is 0 Å². The summed E-state index contributed by atoms with van der Waals surface area (Å²) in [6.07, 6.45) is 0.843. The minimum absolute atomic E-state index is 0.0868. The summed E-state index contributed by atoms with van der Waals surface area (Å²) in [5, 5.41) is 8.81. The van der Waals surface area contributed by atoms with Crippen molar-refractivity contribution in [3.63, 3.8) is 0 Å². The van der Waals surface area contributed by atoms with Gasteiger partial charge in [0.2, 0.25) is 0 Å². The molecule has 0 spiro atoms. The molecule has 3 nitrogen and oxygen atoms in total. The third-order valence-corrected chi connectivity index (χ3v) is 2.30. The lowest BCUT2D eigenvalue weighted by atomic mass is 10.0. The van der Waals surface area contributed by atoms with E-state index >= 15 is 0 Å². The Kier molecular flexibility index (Phi) is 2.00. The Morgan fingerprint density at radius 3 is 3.00 bits per heavy atom. The summed E-state index contributed by atoms with van der Waals surface area (Å²) in [6.45, 7) is 4.15. The van der Waals surface area contributed by atoms with Gasteiger partial charge in [-0.1, -0.05) is 24.8 Å². The summed E-state index contributed by atoms with van der Waals surface area (Å²) in [6, 6.07) is 5.50. The van der Waals surface area contributed by atoms with Crippen LogP contribution in [-0.2, 0) is 11.2 Å². The van der Waals surface area contributed by atoms with Crippen molar-refractivity contribution in [3.05, 3.63) is 35.9 Å². The predicted octanol–water partition coefficient (Wildman–Crippen LogP) is 1.72. The second-order valence-electron chi connectivity index (χ2n) is 3.18. The Morgan fingerprint density at radius 1 is 1.50 bits per heavy atom. The van der Waals surface area contributed by atoms with Gasteiger partial charge < -0.3 is 9.84 Å². The number of ether oxygens (including phenoxy) is 1. The molecular formula is C11H10O3. The van der Waals surface area contributed by atoms with Crippen molar-refractivity contribution in [1.82, 2.24) is 0 Å².